The molecule has 0 spiro atoms. The van der Waals surface area contributed by atoms with Gasteiger partial charge in [0.25, 0.3) is 5.91 Å². The number of carbonyl (C=O) groups excluding carboxylic acids is 3. The van der Waals surface area contributed by atoms with Crippen molar-refractivity contribution in [1.82, 2.24) is 35.0 Å². The second kappa shape index (κ2) is 16.1. The minimum Gasteiger partial charge on any atom is -0.497 e. The van der Waals surface area contributed by atoms with E-state index in [4.69, 9.17) is 19.6 Å². The third kappa shape index (κ3) is 8.48. The molecule has 4 heterocycles. The van der Waals surface area contributed by atoms with Crippen LogP contribution in [0.5, 0.6) is 11.5 Å². The molecule has 0 unspecified atom stereocenters. The number of amides is 4. The molecular weight excluding hydrogens is 779 g/mol. The molecule has 16 nitrogen and oxygen atoms in total. The first-order valence-electron chi connectivity index (χ1n) is 20.5. The number of methoxy groups -OCH3 is 1. The fraction of sp³-hybridized carbons (Fsp3) is 0.571. The Labute approximate surface area is 344 Å². The highest BCUT2D eigenvalue weighted by atomic mass is 32.2. The molecule has 2 aromatic heterocycles. The molecule has 4 amide bonds. The maximum Gasteiger partial charge on any atom is 0.405 e. The van der Waals surface area contributed by atoms with Gasteiger partial charge in [-0.05, 0) is 81.4 Å². The van der Waals surface area contributed by atoms with Gasteiger partial charge in [-0.1, -0.05) is 46.3 Å². The van der Waals surface area contributed by atoms with Crippen molar-refractivity contribution in [2.24, 2.45) is 17.8 Å². The van der Waals surface area contributed by atoms with Gasteiger partial charge in [-0.2, -0.15) is 5.10 Å². The van der Waals surface area contributed by atoms with Crippen LogP contribution in [0.2, 0.25) is 0 Å². The average Bonchev–Trinajstić information content (AvgIpc) is 3.96. The topological polar surface area (TPSA) is 211 Å². The highest BCUT2D eigenvalue weighted by Gasteiger charge is 2.63. The molecule has 2 saturated carbocycles. The summed E-state index contributed by atoms with van der Waals surface area (Å²) in [5.41, 5.74) is -0.140. The molecule has 2 aliphatic carbocycles. The van der Waals surface area contributed by atoms with Crippen LogP contribution in [0, 0.1) is 17.8 Å². The predicted octanol–water partition coefficient (Wildman–Crippen LogP) is 4.81. The molecule has 1 aromatic carbocycles. The Morgan fingerprint density at radius 1 is 1.14 bits per heavy atom. The summed E-state index contributed by atoms with van der Waals surface area (Å²) >= 11 is 0. The van der Waals surface area contributed by atoms with Crippen LogP contribution in [0.4, 0.5) is 4.79 Å². The second-order valence-corrected chi connectivity index (χ2v) is 19.5. The van der Waals surface area contributed by atoms with Crippen molar-refractivity contribution in [2.75, 3.05) is 13.7 Å². The first-order valence-corrected chi connectivity index (χ1v) is 22.0. The summed E-state index contributed by atoms with van der Waals surface area (Å²) in [6.45, 7) is 9.55. The van der Waals surface area contributed by atoms with Crippen molar-refractivity contribution in [1.29, 1.82) is 0 Å². The molecule has 318 valence electrons. The van der Waals surface area contributed by atoms with Gasteiger partial charge in [0, 0.05) is 36.1 Å². The SMILES string of the molecule is CC[C@@H]1C[C@H](C)CCC=C[C@@H]2C[C@@]2(C(=O)NS(=O)(=O)C2(C)CC2)NC(=O)[C@@H]2C[C@@H](Oc3cc(-n4ccc(C(C)C)n4)nc4cc(OC)ccc34)CN2C(=O)[C@H]1NC(=O)O. The molecule has 2 aliphatic heterocycles. The number of nitrogens with one attached hydrogen (secondary N) is 3. The summed E-state index contributed by atoms with van der Waals surface area (Å²) in [7, 11) is -2.47. The molecule has 7 atom stereocenters. The van der Waals surface area contributed by atoms with E-state index in [1.165, 1.54) is 4.90 Å². The lowest BCUT2D eigenvalue weighted by atomic mass is 9.85. The first-order chi connectivity index (χ1) is 28.0. The van der Waals surface area contributed by atoms with E-state index in [9.17, 15) is 32.7 Å². The third-order valence-electron chi connectivity index (χ3n) is 12.6. The van der Waals surface area contributed by atoms with E-state index >= 15 is 0 Å². The molecule has 17 heteroatoms. The van der Waals surface area contributed by atoms with Gasteiger partial charge in [0.05, 0.1) is 29.6 Å². The molecule has 7 rings (SSSR count). The number of rotatable bonds is 10. The van der Waals surface area contributed by atoms with Crippen LogP contribution < -0.4 is 24.8 Å². The van der Waals surface area contributed by atoms with Crippen molar-refractivity contribution < 1.29 is 42.2 Å². The van der Waals surface area contributed by atoms with Gasteiger partial charge >= 0.3 is 6.09 Å². The van der Waals surface area contributed by atoms with E-state index in [1.54, 1.807) is 36.9 Å². The molecular formula is C42H55N7O9S. The summed E-state index contributed by atoms with van der Waals surface area (Å²) in [6.07, 6.45) is 6.93. The van der Waals surface area contributed by atoms with Gasteiger partial charge in [0.1, 0.15) is 35.2 Å². The molecule has 3 fully saturated rings. The van der Waals surface area contributed by atoms with Gasteiger partial charge in [-0.15, -0.1) is 0 Å². The Bertz CT molecular complexity index is 2270. The van der Waals surface area contributed by atoms with E-state index in [0.717, 1.165) is 12.1 Å². The molecule has 0 bridgehead atoms. The molecule has 1 saturated heterocycles. The number of hydrogen-bond acceptors (Lipinski definition) is 10. The van der Waals surface area contributed by atoms with Crippen molar-refractivity contribution in [3.63, 3.8) is 0 Å². The molecule has 0 radical (unpaired) electrons. The Morgan fingerprint density at radius 3 is 2.56 bits per heavy atom. The van der Waals surface area contributed by atoms with Crippen LogP contribution >= 0.6 is 0 Å². The lowest BCUT2D eigenvalue weighted by Crippen LogP contribution is -2.59. The van der Waals surface area contributed by atoms with Crippen molar-refractivity contribution >= 4 is 44.7 Å². The number of allylic oxidation sites excluding steroid dienone is 1. The number of carboxylic acid groups (broad SMARTS) is 1. The molecule has 59 heavy (non-hydrogen) atoms. The molecule has 4 aliphatic rings. The summed E-state index contributed by atoms with van der Waals surface area (Å²) in [5.74, 6) is -1.18. The minimum absolute atomic E-state index is 0.00624. The van der Waals surface area contributed by atoms with E-state index in [2.05, 4.69) is 22.3 Å². The number of carbonyl (C=O) groups is 4. The van der Waals surface area contributed by atoms with E-state index in [1.807, 2.05) is 51.3 Å². The highest BCUT2D eigenvalue weighted by molar-refractivity contribution is 7.91. The fourth-order valence-electron chi connectivity index (χ4n) is 8.41. The van der Waals surface area contributed by atoms with Crippen LogP contribution in [0.25, 0.3) is 16.7 Å². The van der Waals surface area contributed by atoms with Gasteiger partial charge < -0.3 is 30.1 Å². The standard InChI is InChI=1S/C42H55N7O9S/c1-7-26-18-25(4)10-8-9-11-27-22-42(27,39(52)47-59(55,56)41(5)15-16-41)45-37(50)33-20-29(23-48(33)38(51)36(26)44-40(53)54)58-34-21-35(49-17-14-31(46-49)24(2)3)43-32-19-28(57-6)12-13-30(32)34/h9,11-14,17,19,21,24-27,29,33,36,44H,7-8,10,15-16,18,20,22-23H2,1-6H3,(H,45,50)(H,47,52)(H,53,54)/t25-,26-,27-,29-,33+,36+,42-/m1/s1. The predicted molar refractivity (Wildman–Crippen MR) is 219 cm³/mol. The summed E-state index contributed by atoms with van der Waals surface area (Å²) in [6, 6.07) is 6.67. The highest BCUT2D eigenvalue weighted by Crippen LogP contribution is 2.48. The van der Waals surface area contributed by atoms with E-state index in [0.29, 0.717) is 60.3 Å². The van der Waals surface area contributed by atoms with Crippen LogP contribution in [0.3, 0.4) is 0 Å². The van der Waals surface area contributed by atoms with Gasteiger partial charge in [-0.25, -0.2) is 22.9 Å². The molecule has 3 aromatic rings. The van der Waals surface area contributed by atoms with Crippen LogP contribution in [-0.4, -0.2) is 99.1 Å². The van der Waals surface area contributed by atoms with Crippen LogP contribution in [-0.2, 0) is 24.4 Å². The zero-order chi connectivity index (χ0) is 42.4. The number of benzene rings is 1. The number of ether oxygens (including phenoxy) is 2. The van der Waals surface area contributed by atoms with Gasteiger partial charge in [0.2, 0.25) is 21.8 Å². The Kier molecular flexibility index (Phi) is 11.5. The monoisotopic (exact) mass is 833 g/mol. The number of fused-ring (bicyclic) bond motifs is 3. The Morgan fingerprint density at radius 2 is 1.90 bits per heavy atom. The second-order valence-electron chi connectivity index (χ2n) is 17.3. The quantitative estimate of drug-likeness (QED) is 0.204. The van der Waals surface area contributed by atoms with Crippen molar-refractivity contribution in [3.8, 4) is 17.3 Å². The fourth-order valence-corrected chi connectivity index (χ4v) is 9.72. The number of aromatic nitrogens is 3. The maximum atomic E-state index is 14.8. The maximum absolute atomic E-state index is 14.8. The van der Waals surface area contributed by atoms with Crippen molar-refractivity contribution in [2.45, 2.75) is 120 Å². The van der Waals surface area contributed by atoms with Gasteiger partial charge in [0.15, 0.2) is 5.82 Å². The smallest absolute Gasteiger partial charge is 0.405 e. The normalized spacial score (nSPS) is 28.2. The van der Waals surface area contributed by atoms with Crippen molar-refractivity contribution in [3.05, 3.63) is 54.4 Å². The minimum atomic E-state index is -4.03. The first kappa shape index (κ1) is 42.0. The number of hydrogen-bond donors (Lipinski definition) is 4. The summed E-state index contributed by atoms with van der Waals surface area (Å²) in [5, 5.41) is 20.7. The lowest BCUT2D eigenvalue weighted by Gasteiger charge is -2.33. The summed E-state index contributed by atoms with van der Waals surface area (Å²) in [4.78, 5) is 61.8. The number of sulfonamides is 1. The molecule has 4 N–H and O–H groups in total. The van der Waals surface area contributed by atoms with Gasteiger partial charge in [-0.3, -0.25) is 19.1 Å². The number of nitrogens with zero attached hydrogens (tertiary/aromatic N) is 4. The van der Waals surface area contributed by atoms with Crippen LogP contribution in [0.1, 0.15) is 97.6 Å². The number of pyridine rings is 1. The third-order valence-corrected chi connectivity index (χ3v) is 14.7. The lowest BCUT2D eigenvalue weighted by molar-refractivity contribution is -0.142. The Balaban J connectivity index is 1.26. The summed E-state index contributed by atoms with van der Waals surface area (Å²) < 4.78 is 41.6. The zero-order valence-corrected chi connectivity index (χ0v) is 35.3. The van der Waals surface area contributed by atoms with E-state index < -0.39 is 68.2 Å². The largest absolute Gasteiger partial charge is 0.497 e. The average molecular weight is 834 g/mol. The zero-order valence-electron chi connectivity index (χ0n) is 34.4. The van der Waals surface area contributed by atoms with E-state index in [-0.39, 0.29) is 37.1 Å². The van der Waals surface area contributed by atoms with Crippen LogP contribution in [0.15, 0.2) is 48.7 Å². The Hall–Kier alpha value is -5.19.